The highest BCUT2D eigenvalue weighted by Gasteiger charge is 2.20. The van der Waals surface area contributed by atoms with E-state index < -0.39 is 23.4 Å². The second-order valence-corrected chi connectivity index (χ2v) is 6.28. The Morgan fingerprint density at radius 1 is 1.25 bits per heavy atom. The van der Waals surface area contributed by atoms with Crippen LogP contribution in [0.4, 0.5) is 5.69 Å². The van der Waals surface area contributed by atoms with Crippen molar-refractivity contribution in [3.63, 3.8) is 0 Å². The van der Waals surface area contributed by atoms with E-state index in [2.05, 4.69) is 26.1 Å². The van der Waals surface area contributed by atoms with Crippen LogP contribution in [0.3, 0.4) is 0 Å². The second kappa shape index (κ2) is 7.40. The van der Waals surface area contributed by atoms with Gasteiger partial charge in [0.25, 0.3) is 5.69 Å². The molecule has 126 valence electrons. The highest BCUT2D eigenvalue weighted by molar-refractivity contribution is 9.10. The zero-order valence-corrected chi connectivity index (χ0v) is 14.2. The van der Waals surface area contributed by atoms with Gasteiger partial charge in [0.05, 0.1) is 10.7 Å². The fraction of sp³-hybridized carbons (Fsp3) is 0.167. The fourth-order valence-electron chi connectivity index (χ4n) is 1.82. The number of nitrogens with zero attached hydrogens (tertiary/aromatic N) is 4. The molecular weight excluding hydrogens is 408 g/mol. The lowest BCUT2D eigenvalue weighted by atomic mass is 10.2. The van der Waals surface area contributed by atoms with Crippen LogP contribution in [-0.2, 0) is 16.1 Å². The predicted octanol–water partition coefficient (Wildman–Crippen LogP) is 1.88. The van der Waals surface area contributed by atoms with Crippen molar-refractivity contribution < 1.29 is 24.7 Å². The van der Waals surface area contributed by atoms with Crippen molar-refractivity contribution in [2.75, 3.05) is 5.75 Å². The van der Waals surface area contributed by atoms with Gasteiger partial charge in [0, 0.05) is 22.2 Å². The molecule has 0 unspecified atom stereocenters. The summed E-state index contributed by atoms with van der Waals surface area (Å²) in [4.78, 5) is 32.1. The SMILES string of the molecule is O=C(O)CSc1nnc(-c2cc(Br)cc([N+](=O)[O-])c2)n1CC(=O)O. The molecule has 0 bridgehead atoms. The Kier molecular flexibility index (Phi) is 5.51. The molecule has 24 heavy (non-hydrogen) atoms. The molecule has 2 rings (SSSR count). The van der Waals surface area contributed by atoms with E-state index in [1.807, 2.05) is 0 Å². The average molecular weight is 417 g/mol. The summed E-state index contributed by atoms with van der Waals surface area (Å²) in [6.07, 6.45) is 0. The standard InChI is InChI=1S/C12H9BrN4O6S/c13-7-1-6(2-8(3-7)17(22)23)11-14-15-12(24-5-10(20)21)16(11)4-9(18)19/h1-3H,4-5H2,(H,18,19)(H,20,21). The number of benzene rings is 1. The average Bonchev–Trinajstić information content (AvgIpc) is 2.86. The van der Waals surface area contributed by atoms with E-state index in [1.54, 1.807) is 0 Å². The molecule has 0 saturated carbocycles. The number of nitro benzene ring substituents is 1. The summed E-state index contributed by atoms with van der Waals surface area (Å²) in [5.74, 6) is -2.51. The number of aliphatic carboxylic acids is 2. The number of nitro groups is 1. The molecule has 10 nitrogen and oxygen atoms in total. The molecule has 1 heterocycles. The quantitative estimate of drug-likeness (QED) is 0.391. The first kappa shape index (κ1) is 17.9. The summed E-state index contributed by atoms with van der Waals surface area (Å²) in [5.41, 5.74) is 0.0796. The van der Waals surface area contributed by atoms with Crippen LogP contribution >= 0.6 is 27.7 Å². The number of non-ortho nitro benzene ring substituents is 1. The van der Waals surface area contributed by atoms with Crippen LogP contribution < -0.4 is 0 Å². The Morgan fingerprint density at radius 2 is 1.96 bits per heavy atom. The van der Waals surface area contributed by atoms with Gasteiger partial charge < -0.3 is 10.2 Å². The molecule has 0 aliphatic heterocycles. The summed E-state index contributed by atoms with van der Waals surface area (Å²) < 4.78 is 1.61. The number of halogens is 1. The number of hydrogen-bond donors (Lipinski definition) is 2. The van der Waals surface area contributed by atoms with E-state index in [-0.39, 0.29) is 28.0 Å². The lowest BCUT2D eigenvalue weighted by Gasteiger charge is -2.07. The van der Waals surface area contributed by atoms with E-state index >= 15 is 0 Å². The van der Waals surface area contributed by atoms with Crippen LogP contribution in [0.5, 0.6) is 0 Å². The molecule has 2 aromatic rings. The van der Waals surface area contributed by atoms with E-state index in [0.717, 1.165) is 11.8 Å². The summed E-state index contributed by atoms with van der Waals surface area (Å²) in [6.45, 7) is -0.509. The molecule has 0 aliphatic rings. The Bertz CT molecular complexity index is 824. The van der Waals surface area contributed by atoms with Crippen molar-refractivity contribution in [1.82, 2.24) is 14.8 Å². The van der Waals surface area contributed by atoms with Gasteiger partial charge in [-0.15, -0.1) is 10.2 Å². The molecule has 0 radical (unpaired) electrons. The molecule has 0 spiro atoms. The monoisotopic (exact) mass is 416 g/mol. The highest BCUT2D eigenvalue weighted by Crippen LogP contribution is 2.30. The van der Waals surface area contributed by atoms with Gasteiger partial charge >= 0.3 is 11.9 Å². The van der Waals surface area contributed by atoms with Gasteiger partial charge in [-0.1, -0.05) is 27.7 Å². The molecule has 0 saturated heterocycles. The first-order valence-corrected chi connectivity index (χ1v) is 8.00. The summed E-state index contributed by atoms with van der Waals surface area (Å²) in [5, 5.41) is 36.5. The maximum absolute atomic E-state index is 11.1. The van der Waals surface area contributed by atoms with Crippen molar-refractivity contribution in [2.45, 2.75) is 11.7 Å². The number of hydrogen-bond acceptors (Lipinski definition) is 7. The summed E-state index contributed by atoms with van der Waals surface area (Å²) >= 11 is 3.96. The van der Waals surface area contributed by atoms with Crippen LogP contribution in [0.15, 0.2) is 27.8 Å². The molecule has 12 heteroatoms. The third-order valence-electron chi connectivity index (χ3n) is 2.69. The molecule has 0 atom stereocenters. The number of rotatable bonds is 7. The zero-order chi connectivity index (χ0) is 17.9. The van der Waals surface area contributed by atoms with Gasteiger partial charge in [-0.2, -0.15) is 0 Å². The van der Waals surface area contributed by atoms with Crippen molar-refractivity contribution in [2.24, 2.45) is 0 Å². The molecule has 1 aromatic carbocycles. The van der Waals surface area contributed by atoms with Gasteiger partial charge in [0.1, 0.15) is 6.54 Å². The second-order valence-electron chi connectivity index (χ2n) is 4.42. The first-order valence-electron chi connectivity index (χ1n) is 6.23. The Morgan fingerprint density at radius 3 is 2.54 bits per heavy atom. The topological polar surface area (TPSA) is 148 Å². The minimum Gasteiger partial charge on any atom is -0.481 e. The minimum absolute atomic E-state index is 0.0923. The smallest absolute Gasteiger partial charge is 0.323 e. The Balaban J connectivity index is 2.51. The highest BCUT2D eigenvalue weighted by atomic mass is 79.9. The van der Waals surface area contributed by atoms with Crippen LogP contribution in [0.1, 0.15) is 0 Å². The number of carboxylic acid groups (broad SMARTS) is 2. The minimum atomic E-state index is -1.18. The third-order valence-corrected chi connectivity index (χ3v) is 4.10. The van der Waals surface area contributed by atoms with Gasteiger partial charge in [-0.3, -0.25) is 24.3 Å². The molecular formula is C12H9BrN4O6S. The maximum Gasteiger partial charge on any atom is 0.323 e. The largest absolute Gasteiger partial charge is 0.481 e. The number of carboxylic acids is 2. The van der Waals surface area contributed by atoms with E-state index in [0.29, 0.717) is 4.47 Å². The van der Waals surface area contributed by atoms with E-state index in [4.69, 9.17) is 10.2 Å². The molecule has 2 N–H and O–H groups in total. The number of thioether (sulfide) groups is 1. The molecule has 1 aromatic heterocycles. The van der Waals surface area contributed by atoms with Gasteiger partial charge in [-0.05, 0) is 6.07 Å². The fourth-order valence-corrected chi connectivity index (χ4v) is 2.96. The van der Waals surface area contributed by atoms with Gasteiger partial charge in [-0.25, -0.2) is 0 Å². The lowest BCUT2D eigenvalue weighted by Crippen LogP contribution is -2.12. The molecule has 0 aliphatic carbocycles. The van der Waals surface area contributed by atoms with Crippen molar-refractivity contribution in [1.29, 1.82) is 0 Å². The van der Waals surface area contributed by atoms with Gasteiger partial charge in [0.15, 0.2) is 11.0 Å². The van der Waals surface area contributed by atoms with Crippen molar-refractivity contribution in [3.05, 3.63) is 32.8 Å². The summed E-state index contributed by atoms with van der Waals surface area (Å²) in [6, 6.07) is 4.06. The van der Waals surface area contributed by atoms with Crippen LogP contribution in [0.2, 0.25) is 0 Å². The first-order chi connectivity index (χ1) is 11.3. The number of carbonyl (C=O) groups is 2. The molecule has 0 fully saturated rings. The zero-order valence-electron chi connectivity index (χ0n) is 11.7. The third kappa shape index (κ3) is 4.29. The van der Waals surface area contributed by atoms with Crippen LogP contribution in [-0.4, -0.2) is 47.6 Å². The normalized spacial score (nSPS) is 10.5. The number of aromatic nitrogens is 3. The summed E-state index contributed by atoms with van der Waals surface area (Å²) in [7, 11) is 0. The van der Waals surface area contributed by atoms with Crippen LogP contribution in [0.25, 0.3) is 11.4 Å². The molecule has 0 amide bonds. The predicted molar refractivity (Wildman–Crippen MR) is 85.8 cm³/mol. The van der Waals surface area contributed by atoms with Crippen molar-refractivity contribution >= 4 is 45.3 Å². The maximum atomic E-state index is 11.1. The lowest BCUT2D eigenvalue weighted by molar-refractivity contribution is -0.384. The van der Waals surface area contributed by atoms with Crippen molar-refractivity contribution in [3.8, 4) is 11.4 Å². The van der Waals surface area contributed by atoms with E-state index in [9.17, 15) is 19.7 Å². The Labute approximate surface area is 146 Å². The Hall–Kier alpha value is -2.47. The van der Waals surface area contributed by atoms with Crippen LogP contribution in [0, 0.1) is 10.1 Å². The van der Waals surface area contributed by atoms with Gasteiger partial charge in [0.2, 0.25) is 0 Å². The van der Waals surface area contributed by atoms with E-state index in [1.165, 1.54) is 22.8 Å².